The summed E-state index contributed by atoms with van der Waals surface area (Å²) < 4.78 is 26.9. The Hall–Kier alpha value is -2.02. The molecule has 0 aliphatic rings. The van der Waals surface area contributed by atoms with Gasteiger partial charge in [-0.2, -0.15) is 0 Å². The second kappa shape index (κ2) is 8.73. The maximum absolute atomic E-state index is 13.6. The topological polar surface area (TPSA) is 49.3 Å². The molecule has 0 atom stereocenters. The smallest absolute Gasteiger partial charge is 0.191 e. The van der Waals surface area contributed by atoms with E-state index in [9.17, 15) is 8.78 Å². The van der Waals surface area contributed by atoms with E-state index in [2.05, 4.69) is 34.5 Å². The summed E-state index contributed by atoms with van der Waals surface area (Å²) in [5, 5.41) is 9.35. The fraction of sp³-hybridized carbons (Fsp3) is 0.412. The van der Waals surface area contributed by atoms with Crippen LogP contribution >= 0.6 is 11.3 Å². The molecule has 0 radical (unpaired) electrons. The van der Waals surface area contributed by atoms with Gasteiger partial charge >= 0.3 is 0 Å². The molecule has 0 aliphatic heterocycles. The lowest BCUT2D eigenvalue weighted by Crippen LogP contribution is -2.36. The van der Waals surface area contributed by atoms with E-state index in [1.807, 2.05) is 12.3 Å². The van der Waals surface area contributed by atoms with Crippen molar-refractivity contribution in [2.45, 2.75) is 39.8 Å². The quantitative estimate of drug-likeness (QED) is 0.614. The van der Waals surface area contributed by atoms with Crippen LogP contribution in [0.4, 0.5) is 8.78 Å². The van der Waals surface area contributed by atoms with E-state index >= 15 is 0 Å². The van der Waals surface area contributed by atoms with E-state index in [1.54, 1.807) is 11.3 Å². The molecule has 2 N–H and O–H groups in total. The molecule has 0 fully saturated rings. The Morgan fingerprint density at radius 2 is 2.08 bits per heavy atom. The van der Waals surface area contributed by atoms with E-state index in [1.165, 1.54) is 0 Å². The van der Waals surface area contributed by atoms with Crippen molar-refractivity contribution in [2.75, 3.05) is 6.54 Å². The maximum Gasteiger partial charge on any atom is 0.191 e. The lowest BCUT2D eigenvalue weighted by molar-refractivity contribution is 0.585. The Bertz CT molecular complexity index is 698. The van der Waals surface area contributed by atoms with Crippen LogP contribution in [0, 0.1) is 11.6 Å². The van der Waals surface area contributed by atoms with Crippen LogP contribution in [-0.4, -0.2) is 17.5 Å². The Labute approximate surface area is 145 Å². The zero-order valence-corrected chi connectivity index (χ0v) is 14.9. The predicted molar refractivity (Wildman–Crippen MR) is 94.2 cm³/mol. The number of guanidine groups is 1. The second-order valence-electron chi connectivity index (χ2n) is 5.62. The van der Waals surface area contributed by atoms with E-state index in [0.717, 1.165) is 28.9 Å². The van der Waals surface area contributed by atoms with Crippen LogP contribution in [0.5, 0.6) is 0 Å². The van der Waals surface area contributed by atoms with Crippen molar-refractivity contribution in [3.05, 3.63) is 51.5 Å². The molecule has 1 heterocycles. The molecule has 0 bridgehead atoms. The number of hydrogen-bond acceptors (Lipinski definition) is 3. The molecule has 2 aromatic rings. The SMILES string of the molecule is CCNC(=NCc1cc(F)ccc1F)NCc1csc(C(C)C)n1. The summed E-state index contributed by atoms with van der Waals surface area (Å²) in [6.45, 7) is 7.42. The molecule has 4 nitrogen and oxygen atoms in total. The van der Waals surface area contributed by atoms with Gasteiger partial charge in [0.15, 0.2) is 5.96 Å². The number of aliphatic imine (C=N–C) groups is 1. The number of benzene rings is 1. The van der Waals surface area contributed by atoms with Crippen LogP contribution in [0.3, 0.4) is 0 Å². The first kappa shape index (κ1) is 18.3. The van der Waals surface area contributed by atoms with E-state index in [-0.39, 0.29) is 12.1 Å². The molecule has 0 spiro atoms. The van der Waals surface area contributed by atoms with Crippen LogP contribution in [0.1, 0.15) is 43.0 Å². The maximum atomic E-state index is 13.6. The van der Waals surface area contributed by atoms with Gasteiger partial charge in [-0.05, 0) is 25.1 Å². The van der Waals surface area contributed by atoms with Gasteiger partial charge in [-0.15, -0.1) is 11.3 Å². The average molecular weight is 352 g/mol. The van der Waals surface area contributed by atoms with Gasteiger partial charge in [-0.1, -0.05) is 13.8 Å². The van der Waals surface area contributed by atoms with Crippen molar-refractivity contribution in [3.63, 3.8) is 0 Å². The standard InChI is InChI=1S/C17H22F2N4S/c1-4-20-17(21-8-12-7-13(18)5-6-15(12)19)22-9-14-10-24-16(23-14)11(2)3/h5-7,10-11H,4,8-9H2,1-3H3,(H2,20,21,22). The summed E-state index contributed by atoms with van der Waals surface area (Å²) in [7, 11) is 0. The van der Waals surface area contributed by atoms with Gasteiger partial charge in [0, 0.05) is 23.4 Å². The number of nitrogens with zero attached hydrogens (tertiary/aromatic N) is 2. The van der Waals surface area contributed by atoms with Gasteiger partial charge in [-0.25, -0.2) is 18.8 Å². The summed E-state index contributed by atoms with van der Waals surface area (Å²) in [6.07, 6.45) is 0. The number of hydrogen-bond donors (Lipinski definition) is 2. The molecule has 0 unspecified atom stereocenters. The Kier molecular flexibility index (Phi) is 6.66. The minimum atomic E-state index is -0.469. The first-order chi connectivity index (χ1) is 11.5. The number of aromatic nitrogens is 1. The highest BCUT2D eigenvalue weighted by Crippen LogP contribution is 2.18. The van der Waals surface area contributed by atoms with Gasteiger partial charge in [-0.3, -0.25) is 0 Å². The molecular formula is C17H22F2N4S. The Balaban J connectivity index is 2.01. The van der Waals surface area contributed by atoms with Crippen LogP contribution in [0.25, 0.3) is 0 Å². The van der Waals surface area contributed by atoms with Crippen LogP contribution in [-0.2, 0) is 13.1 Å². The zero-order valence-electron chi connectivity index (χ0n) is 14.1. The summed E-state index contributed by atoms with van der Waals surface area (Å²) in [4.78, 5) is 8.86. The molecule has 0 aliphatic carbocycles. The molecule has 2 rings (SSSR count). The molecule has 0 saturated carbocycles. The van der Waals surface area contributed by atoms with E-state index in [4.69, 9.17) is 0 Å². The van der Waals surface area contributed by atoms with Crippen molar-refractivity contribution >= 4 is 17.3 Å². The lowest BCUT2D eigenvalue weighted by Gasteiger charge is -2.10. The average Bonchev–Trinajstić information content (AvgIpc) is 3.02. The summed E-state index contributed by atoms with van der Waals surface area (Å²) >= 11 is 1.63. The van der Waals surface area contributed by atoms with Crippen molar-refractivity contribution in [3.8, 4) is 0 Å². The van der Waals surface area contributed by atoms with Gasteiger partial charge in [0.2, 0.25) is 0 Å². The summed E-state index contributed by atoms with van der Waals surface area (Å²) in [5.41, 5.74) is 1.16. The highest BCUT2D eigenvalue weighted by molar-refractivity contribution is 7.09. The highest BCUT2D eigenvalue weighted by atomic mass is 32.1. The first-order valence-corrected chi connectivity index (χ1v) is 8.78. The van der Waals surface area contributed by atoms with Crippen molar-refractivity contribution in [1.82, 2.24) is 15.6 Å². The van der Waals surface area contributed by atoms with Crippen molar-refractivity contribution in [1.29, 1.82) is 0 Å². The minimum Gasteiger partial charge on any atom is -0.357 e. The third-order valence-electron chi connectivity index (χ3n) is 3.26. The number of halogens is 2. The molecule has 0 saturated heterocycles. The van der Waals surface area contributed by atoms with E-state index < -0.39 is 11.6 Å². The van der Waals surface area contributed by atoms with Crippen LogP contribution in [0.15, 0.2) is 28.6 Å². The number of nitrogens with one attached hydrogen (secondary N) is 2. The predicted octanol–water partition coefficient (Wildman–Crippen LogP) is 3.80. The number of thiazole rings is 1. The van der Waals surface area contributed by atoms with Crippen LogP contribution in [0.2, 0.25) is 0 Å². The second-order valence-corrected chi connectivity index (χ2v) is 6.51. The third-order valence-corrected chi connectivity index (χ3v) is 4.45. The zero-order chi connectivity index (χ0) is 17.5. The fourth-order valence-electron chi connectivity index (χ4n) is 2.01. The fourth-order valence-corrected chi connectivity index (χ4v) is 2.85. The normalized spacial score (nSPS) is 11.8. The van der Waals surface area contributed by atoms with E-state index in [0.29, 0.717) is 25.0 Å². The third kappa shape index (κ3) is 5.26. The minimum absolute atomic E-state index is 0.0627. The molecule has 7 heteroatoms. The van der Waals surface area contributed by atoms with Gasteiger partial charge < -0.3 is 10.6 Å². The van der Waals surface area contributed by atoms with Crippen LogP contribution < -0.4 is 10.6 Å². The molecule has 1 aromatic heterocycles. The van der Waals surface area contributed by atoms with Crippen molar-refractivity contribution in [2.24, 2.45) is 4.99 Å². The summed E-state index contributed by atoms with van der Waals surface area (Å²) in [5.74, 6) is 0.0159. The Morgan fingerprint density at radius 1 is 1.29 bits per heavy atom. The Morgan fingerprint density at radius 3 is 2.75 bits per heavy atom. The first-order valence-electron chi connectivity index (χ1n) is 7.90. The van der Waals surface area contributed by atoms with Gasteiger partial charge in [0.1, 0.15) is 11.6 Å². The van der Waals surface area contributed by atoms with Gasteiger partial charge in [0.05, 0.1) is 23.8 Å². The highest BCUT2D eigenvalue weighted by Gasteiger charge is 2.07. The molecular weight excluding hydrogens is 330 g/mol. The molecule has 24 heavy (non-hydrogen) atoms. The largest absolute Gasteiger partial charge is 0.357 e. The van der Waals surface area contributed by atoms with Gasteiger partial charge in [0.25, 0.3) is 0 Å². The molecule has 1 aromatic carbocycles. The van der Waals surface area contributed by atoms with Crippen molar-refractivity contribution < 1.29 is 8.78 Å². The molecule has 0 amide bonds. The number of rotatable bonds is 6. The molecule has 130 valence electrons. The monoisotopic (exact) mass is 352 g/mol. The lowest BCUT2D eigenvalue weighted by atomic mass is 10.2. The summed E-state index contributed by atoms with van der Waals surface area (Å²) in [6, 6.07) is 3.38.